The first-order valence-electron chi connectivity index (χ1n) is 6.56. The van der Waals surface area contributed by atoms with E-state index < -0.39 is 17.7 Å². The van der Waals surface area contributed by atoms with Crippen LogP contribution in [-0.4, -0.2) is 17.5 Å². The van der Waals surface area contributed by atoms with Crippen molar-refractivity contribution in [2.75, 3.05) is 12.3 Å². The largest absolute Gasteiger partial charge is 0.478 e. The van der Waals surface area contributed by atoms with E-state index in [2.05, 4.69) is 16.2 Å². The highest BCUT2D eigenvalue weighted by Crippen LogP contribution is 2.20. The van der Waals surface area contributed by atoms with E-state index >= 15 is 0 Å². The molecule has 0 fully saturated rings. The SMILES string of the molecule is C#CCOc1cccc(CNC(=O)c2ccc(F)nc2N)c1F. The number of hydrogen-bond acceptors (Lipinski definition) is 4. The van der Waals surface area contributed by atoms with E-state index in [0.717, 1.165) is 6.07 Å². The van der Waals surface area contributed by atoms with Crippen LogP contribution in [0.25, 0.3) is 0 Å². The number of nitrogens with one attached hydrogen (secondary N) is 1. The standard InChI is InChI=1S/C16H13F2N3O2/c1-2-8-23-12-5-3-4-10(14(12)18)9-20-16(22)11-6-7-13(17)21-15(11)19/h1,3-7H,8-9H2,(H2,19,21)(H,20,22). The summed E-state index contributed by atoms with van der Waals surface area (Å²) in [6.45, 7) is -0.167. The van der Waals surface area contributed by atoms with Crippen molar-refractivity contribution in [3.63, 3.8) is 0 Å². The number of halogens is 2. The Morgan fingerprint density at radius 3 is 2.83 bits per heavy atom. The van der Waals surface area contributed by atoms with Crippen molar-refractivity contribution in [3.05, 3.63) is 53.2 Å². The first kappa shape index (κ1) is 16.2. The first-order valence-corrected chi connectivity index (χ1v) is 6.56. The molecule has 0 spiro atoms. The Balaban J connectivity index is 2.09. The summed E-state index contributed by atoms with van der Waals surface area (Å²) in [7, 11) is 0. The lowest BCUT2D eigenvalue weighted by Crippen LogP contribution is -2.24. The van der Waals surface area contributed by atoms with Crippen LogP contribution in [-0.2, 0) is 6.54 Å². The summed E-state index contributed by atoms with van der Waals surface area (Å²) in [5, 5.41) is 2.48. The van der Waals surface area contributed by atoms with Gasteiger partial charge in [-0.3, -0.25) is 4.79 Å². The lowest BCUT2D eigenvalue weighted by molar-refractivity contribution is 0.0951. The van der Waals surface area contributed by atoms with E-state index in [1.165, 1.54) is 18.2 Å². The molecule has 0 aliphatic rings. The number of nitrogen functional groups attached to an aromatic ring is 1. The summed E-state index contributed by atoms with van der Waals surface area (Å²) in [6.07, 6.45) is 5.05. The van der Waals surface area contributed by atoms with Gasteiger partial charge < -0.3 is 15.8 Å². The number of aromatic nitrogens is 1. The van der Waals surface area contributed by atoms with Gasteiger partial charge in [-0.2, -0.15) is 4.39 Å². The maximum Gasteiger partial charge on any atom is 0.255 e. The highest BCUT2D eigenvalue weighted by molar-refractivity contribution is 5.98. The van der Waals surface area contributed by atoms with Crippen LogP contribution in [0.1, 0.15) is 15.9 Å². The summed E-state index contributed by atoms with van der Waals surface area (Å²) in [6, 6.07) is 6.71. The van der Waals surface area contributed by atoms with Crippen LogP contribution in [0.4, 0.5) is 14.6 Å². The molecule has 0 bridgehead atoms. The molecule has 1 amide bonds. The molecule has 0 radical (unpaired) electrons. The van der Waals surface area contributed by atoms with Crippen molar-refractivity contribution in [2.45, 2.75) is 6.54 Å². The molecule has 118 valence electrons. The lowest BCUT2D eigenvalue weighted by Gasteiger charge is -2.10. The highest BCUT2D eigenvalue weighted by atomic mass is 19.1. The van der Waals surface area contributed by atoms with Gasteiger partial charge in [0.1, 0.15) is 12.4 Å². The molecule has 23 heavy (non-hydrogen) atoms. The van der Waals surface area contributed by atoms with E-state index in [9.17, 15) is 13.6 Å². The van der Waals surface area contributed by atoms with Gasteiger partial charge >= 0.3 is 0 Å². The summed E-state index contributed by atoms with van der Waals surface area (Å²) in [5.74, 6) is -0.00751. The van der Waals surface area contributed by atoms with Crippen LogP contribution >= 0.6 is 0 Å². The van der Waals surface area contributed by atoms with E-state index in [1.54, 1.807) is 6.07 Å². The number of pyridine rings is 1. The number of anilines is 1. The van der Waals surface area contributed by atoms with Crippen LogP contribution in [0.5, 0.6) is 5.75 Å². The third kappa shape index (κ3) is 3.95. The molecule has 0 saturated carbocycles. The van der Waals surface area contributed by atoms with Crippen molar-refractivity contribution < 1.29 is 18.3 Å². The van der Waals surface area contributed by atoms with Crippen molar-refractivity contribution in [2.24, 2.45) is 0 Å². The number of amides is 1. The van der Waals surface area contributed by atoms with Crippen LogP contribution in [0.3, 0.4) is 0 Å². The normalized spacial score (nSPS) is 9.96. The molecule has 7 heteroatoms. The zero-order valence-electron chi connectivity index (χ0n) is 12.0. The zero-order chi connectivity index (χ0) is 16.8. The predicted molar refractivity (Wildman–Crippen MR) is 80.5 cm³/mol. The molecule has 1 heterocycles. The maximum absolute atomic E-state index is 14.1. The Hall–Kier alpha value is -3.14. The minimum atomic E-state index is -0.788. The fraction of sp³-hybridized carbons (Fsp3) is 0.125. The van der Waals surface area contributed by atoms with E-state index in [4.69, 9.17) is 16.9 Å². The van der Waals surface area contributed by atoms with Gasteiger partial charge in [-0.15, -0.1) is 6.42 Å². The molecule has 3 N–H and O–H groups in total. The number of carbonyl (C=O) groups is 1. The quantitative estimate of drug-likeness (QED) is 0.652. The molecule has 5 nitrogen and oxygen atoms in total. The van der Waals surface area contributed by atoms with Crippen LogP contribution in [0.15, 0.2) is 30.3 Å². The van der Waals surface area contributed by atoms with Gasteiger partial charge in [0.2, 0.25) is 5.95 Å². The van der Waals surface area contributed by atoms with E-state index in [0.29, 0.717) is 0 Å². The summed E-state index contributed by atoms with van der Waals surface area (Å²) < 4.78 is 32.1. The minimum absolute atomic E-state index is 0.00217. The van der Waals surface area contributed by atoms with Gasteiger partial charge in [0.15, 0.2) is 11.6 Å². The summed E-state index contributed by atoms with van der Waals surface area (Å²) >= 11 is 0. The number of nitrogens with zero attached hydrogens (tertiary/aromatic N) is 1. The molecule has 0 saturated heterocycles. The van der Waals surface area contributed by atoms with E-state index in [1.807, 2.05) is 0 Å². The van der Waals surface area contributed by atoms with Crippen molar-refractivity contribution >= 4 is 11.7 Å². The second kappa shape index (κ2) is 7.22. The summed E-state index contributed by atoms with van der Waals surface area (Å²) in [5.41, 5.74) is 5.69. The van der Waals surface area contributed by atoms with Crippen LogP contribution in [0, 0.1) is 24.1 Å². The molecule has 1 aromatic carbocycles. The molecule has 0 aliphatic heterocycles. The second-order valence-electron chi connectivity index (χ2n) is 4.47. The number of rotatable bonds is 5. The van der Waals surface area contributed by atoms with Crippen molar-refractivity contribution in [1.29, 1.82) is 0 Å². The third-order valence-electron chi connectivity index (χ3n) is 2.93. The molecule has 0 unspecified atom stereocenters. The Morgan fingerprint density at radius 1 is 1.35 bits per heavy atom. The molecular weight excluding hydrogens is 304 g/mol. The third-order valence-corrected chi connectivity index (χ3v) is 2.93. The maximum atomic E-state index is 14.1. The van der Waals surface area contributed by atoms with Gasteiger partial charge in [-0.25, -0.2) is 9.37 Å². The number of benzene rings is 1. The number of carbonyl (C=O) groups excluding carboxylic acids is 1. The van der Waals surface area contributed by atoms with Gasteiger partial charge in [-0.05, 0) is 18.2 Å². The zero-order valence-corrected chi connectivity index (χ0v) is 12.0. The number of hydrogen-bond donors (Lipinski definition) is 2. The lowest BCUT2D eigenvalue weighted by atomic mass is 10.2. The van der Waals surface area contributed by atoms with Crippen LogP contribution < -0.4 is 15.8 Å². The fourth-order valence-electron chi connectivity index (χ4n) is 1.84. The molecule has 2 aromatic rings. The Kier molecular flexibility index (Phi) is 5.10. The number of terminal acetylenes is 1. The van der Waals surface area contributed by atoms with Crippen molar-refractivity contribution in [3.8, 4) is 18.1 Å². The minimum Gasteiger partial charge on any atom is -0.478 e. The molecule has 0 atom stereocenters. The van der Waals surface area contributed by atoms with Gasteiger partial charge in [0.05, 0.1) is 5.56 Å². The summed E-state index contributed by atoms with van der Waals surface area (Å²) in [4.78, 5) is 15.3. The Bertz CT molecular complexity index is 772. The van der Waals surface area contributed by atoms with Crippen molar-refractivity contribution in [1.82, 2.24) is 10.3 Å². The smallest absolute Gasteiger partial charge is 0.255 e. The number of nitrogens with two attached hydrogens (primary N) is 1. The topological polar surface area (TPSA) is 77.2 Å². The van der Waals surface area contributed by atoms with Gasteiger partial charge in [0.25, 0.3) is 5.91 Å². The van der Waals surface area contributed by atoms with Crippen LogP contribution in [0.2, 0.25) is 0 Å². The molecule has 0 aliphatic carbocycles. The fourth-order valence-corrected chi connectivity index (χ4v) is 1.84. The molecule has 1 aromatic heterocycles. The highest BCUT2D eigenvalue weighted by Gasteiger charge is 2.14. The second-order valence-corrected chi connectivity index (χ2v) is 4.47. The first-order chi connectivity index (χ1) is 11.0. The van der Waals surface area contributed by atoms with Gasteiger partial charge in [0, 0.05) is 12.1 Å². The monoisotopic (exact) mass is 317 g/mol. The molecular formula is C16H13F2N3O2. The average molecular weight is 317 g/mol. The van der Waals surface area contributed by atoms with Gasteiger partial charge in [-0.1, -0.05) is 18.1 Å². The van der Waals surface area contributed by atoms with E-state index in [-0.39, 0.29) is 35.8 Å². The average Bonchev–Trinajstić information content (AvgIpc) is 2.52. The number of ether oxygens (including phenoxy) is 1. The molecule has 2 rings (SSSR count). The Morgan fingerprint density at radius 2 is 2.13 bits per heavy atom. The predicted octanol–water partition coefficient (Wildman–Crippen LogP) is 1.88. The Labute approximate surface area is 131 Å².